The molecule has 0 aromatic heterocycles. The highest BCUT2D eigenvalue weighted by Gasteiger charge is 2.27. The van der Waals surface area contributed by atoms with Crippen molar-refractivity contribution in [2.24, 2.45) is 0 Å². The van der Waals surface area contributed by atoms with Gasteiger partial charge in [-0.2, -0.15) is 0 Å². The Labute approximate surface area is 77.1 Å². The van der Waals surface area contributed by atoms with E-state index in [4.69, 9.17) is 5.11 Å². The van der Waals surface area contributed by atoms with E-state index in [2.05, 4.69) is 5.32 Å². The Morgan fingerprint density at radius 1 is 1.54 bits per heavy atom. The number of aliphatic hydroxyl groups is 1. The summed E-state index contributed by atoms with van der Waals surface area (Å²) < 4.78 is 22.0. The molecule has 1 saturated heterocycles. The third-order valence-electron chi connectivity index (χ3n) is 2.00. The Bertz CT molecular complexity index is 285. The maximum absolute atomic E-state index is 11.0. The van der Waals surface area contributed by atoms with Gasteiger partial charge in [0.15, 0.2) is 15.6 Å². The number of aliphatic hydroxyl groups excluding tert-OH is 1. The lowest BCUT2D eigenvalue weighted by Gasteiger charge is -2.08. The standard InChI is InChI=1S/C7H13NO4S/c9-4-7(10)3-8-6-1-2-13(11,12)5-6/h6,8-9H,1-5H2. The van der Waals surface area contributed by atoms with Crippen LogP contribution in [0.25, 0.3) is 0 Å². The van der Waals surface area contributed by atoms with Crippen LogP contribution in [-0.4, -0.2) is 50.0 Å². The van der Waals surface area contributed by atoms with Crippen LogP contribution < -0.4 is 5.32 Å². The van der Waals surface area contributed by atoms with Crippen molar-refractivity contribution < 1.29 is 18.3 Å². The van der Waals surface area contributed by atoms with Gasteiger partial charge >= 0.3 is 0 Å². The minimum atomic E-state index is -2.89. The van der Waals surface area contributed by atoms with Crippen LogP contribution in [0.5, 0.6) is 0 Å². The topological polar surface area (TPSA) is 83.5 Å². The SMILES string of the molecule is O=C(CO)CNC1CCS(=O)(=O)C1. The predicted octanol–water partition coefficient (Wildman–Crippen LogP) is -1.68. The summed E-state index contributed by atoms with van der Waals surface area (Å²) in [6.07, 6.45) is 0.557. The first kappa shape index (κ1) is 10.6. The molecule has 1 rings (SSSR count). The molecule has 13 heavy (non-hydrogen) atoms. The number of ketones is 1. The van der Waals surface area contributed by atoms with Crippen LogP contribution in [0.1, 0.15) is 6.42 Å². The quantitative estimate of drug-likeness (QED) is 0.575. The summed E-state index contributed by atoms with van der Waals surface area (Å²) in [6.45, 7) is -0.441. The molecule has 1 atom stereocenters. The van der Waals surface area contributed by atoms with Crippen LogP contribution in [-0.2, 0) is 14.6 Å². The molecule has 6 heteroatoms. The summed E-state index contributed by atoms with van der Waals surface area (Å²) in [4.78, 5) is 10.7. The average Bonchev–Trinajstić information content (AvgIpc) is 2.41. The largest absolute Gasteiger partial charge is 0.389 e. The molecule has 0 saturated carbocycles. The Morgan fingerprint density at radius 2 is 2.23 bits per heavy atom. The van der Waals surface area contributed by atoms with Gasteiger partial charge in [0.1, 0.15) is 6.61 Å². The van der Waals surface area contributed by atoms with E-state index in [1.165, 1.54) is 0 Å². The van der Waals surface area contributed by atoms with E-state index in [0.717, 1.165) is 0 Å². The van der Waals surface area contributed by atoms with E-state index >= 15 is 0 Å². The molecule has 2 N–H and O–H groups in total. The first-order chi connectivity index (χ1) is 6.03. The molecule has 0 aromatic carbocycles. The molecule has 0 aliphatic carbocycles. The number of carbonyl (C=O) groups is 1. The van der Waals surface area contributed by atoms with Gasteiger partial charge < -0.3 is 10.4 Å². The van der Waals surface area contributed by atoms with Gasteiger partial charge in [0.2, 0.25) is 0 Å². The van der Waals surface area contributed by atoms with Crippen molar-refractivity contribution in [3.05, 3.63) is 0 Å². The van der Waals surface area contributed by atoms with Gasteiger partial charge in [0.25, 0.3) is 0 Å². The molecule has 1 unspecified atom stereocenters. The van der Waals surface area contributed by atoms with Gasteiger partial charge in [-0.15, -0.1) is 0 Å². The number of hydrogen-bond acceptors (Lipinski definition) is 5. The van der Waals surface area contributed by atoms with Gasteiger partial charge in [-0.25, -0.2) is 8.42 Å². The fourth-order valence-electron chi connectivity index (χ4n) is 1.27. The van der Waals surface area contributed by atoms with E-state index in [0.29, 0.717) is 6.42 Å². The molecule has 1 aliphatic heterocycles. The number of carbonyl (C=O) groups excluding carboxylic acids is 1. The monoisotopic (exact) mass is 207 g/mol. The zero-order chi connectivity index (χ0) is 9.90. The Hall–Kier alpha value is -0.460. The molecule has 1 aliphatic rings. The molecular formula is C7H13NO4S. The summed E-state index contributed by atoms with van der Waals surface area (Å²) in [7, 11) is -2.89. The van der Waals surface area contributed by atoms with Crippen LogP contribution in [0.15, 0.2) is 0 Å². The van der Waals surface area contributed by atoms with Crippen molar-refractivity contribution in [3.8, 4) is 0 Å². The lowest BCUT2D eigenvalue weighted by atomic mass is 10.2. The molecular weight excluding hydrogens is 194 g/mol. The van der Waals surface area contributed by atoms with Crippen molar-refractivity contribution in [1.82, 2.24) is 5.32 Å². The van der Waals surface area contributed by atoms with Crippen molar-refractivity contribution in [3.63, 3.8) is 0 Å². The molecule has 0 aromatic rings. The lowest BCUT2D eigenvalue weighted by Crippen LogP contribution is -2.35. The predicted molar refractivity (Wildman–Crippen MR) is 47.2 cm³/mol. The summed E-state index contributed by atoms with van der Waals surface area (Å²) in [5.74, 6) is -0.0201. The van der Waals surface area contributed by atoms with Crippen LogP contribution >= 0.6 is 0 Å². The average molecular weight is 207 g/mol. The van der Waals surface area contributed by atoms with Crippen molar-refractivity contribution in [1.29, 1.82) is 0 Å². The Kier molecular flexibility index (Phi) is 3.40. The minimum absolute atomic E-state index is 0.0523. The first-order valence-electron chi connectivity index (χ1n) is 4.10. The maximum Gasteiger partial charge on any atom is 0.171 e. The summed E-state index contributed by atoms with van der Waals surface area (Å²) in [6, 6.07) is -0.125. The second kappa shape index (κ2) is 4.17. The molecule has 0 amide bonds. The molecule has 0 spiro atoms. The zero-order valence-electron chi connectivity index (χ0n) is 7.19. The van der Waals surface area contributed by atoms with Crippen LogP contribution in [0.4, 0.5) is 0 Å². The van der Waals surface area contributed by atoms with Gasteiger partial charge in [-0.1, -0.05) is 0 Å². The normalized spacial score (nSPS) is 26.1. The highest BCUT2D eigenvalue weighted by atomic mass is 32.2. The highest BCUT2D eigenvalue weighted by molar-refractivity contribution is 7.91. The number of nitrogens with one attached hydrogen (secondary N) is 1. The fourth-order valence-corrected chi connectivity index (χ4v) is 2.98. The fraction of sp³-hybridized carbons (Fsp3) is 0.857. The van der Waals surface area contributed by atoms with E-state index in [-0.39, 0.29) is 29.9 Å². The van der Waals surface area contributed by atoms with E-state index in [1.54, 1.807) is 0 Å². The Morgan fingerprint density at radius 3 is 2.69 bits per heavy atom. The third-order valence-corrected chi connectivity index (χ3v) is 3.76. The molecule has 0 bridgehead atoms. The van der Waals surface area contributed by atoms with E-state index in [9.17, 15) is 13.2 Å². The lowest BCUT2D eigenvalue weighted by molar-refractivity contribution is -0.121. The first-order valence-corrected chi connectivity index (χ1v) is 5.92. The molecule has 0 radical (unpaired) electrons. The second-order valence-electron chi connectivity index (χ2n) is 3.18. The van der Waals surface area contributed by atoms with Crippen molar-refractivity contribution >= 4 is 15.6 Å². The van der Waals surface area contributed by atoms with Gasteiger partial charge in [0.05, 0.1) is 18.1 Å². The maximum atomic E-state index is 11.0. The number of Topliss-reactive ketones (excluding diaryl/α,β-unsaturated/α-hetero) is 1. The Balaban J connectivity index is 2.29. The zero-order valence-corrected chi connectivity index (χ0v) is 8.01. The summed E-state index contributed by atoms with van der Waals surface area (Å²) >= 11 is 0. The van der Waals surface area contributed by atoms with Crippen molar-refractivity contribution in [2.45, 2.75) is 12.5 Å². The van der Waals surface area contributed by atoms with Gasteiger partial charge in [0, 0.05) is 6.04 Å². The highest BCUT2D eigenvalue weighted by Crippen LogP contribution is 2.10. The van der Waals surface area contributed by atoms with Gasteiger partial charge in [-0.05, 0) is 6.42 Å². The van der Waals surface area contributed by atoms with E-state index in [1.807, 2.05) is 0 Å². The van der Waals surface area contributed by atoms with Crippen LogP contribution in [0, 0.1) is 0 Å². The van der Waals surface area contributed by atoms with Gasteiger partial charge in [-0.3, -0.25) is 4.79 Å². The van der Waals surface area contributed by atoms with Crippen LogP contribution in [0.3, 0.4) is 0 Å². The molecule has 1 fully saturated rings. The molecule has 1 heterocycles. The summed E-state index contributed by atoms with van der Waals surface area (Å²) in [5, 5.41) is 11.2. The van der Waals surface area contributed by atoms with Crippen LogP contribution in [0.2, 0.25) is 0 Å². The summed E-state index contributed by atoms with van der Waals surface area (Å²) in [5.41, 5.74) is 0. The molecule has 5 nitrogen and oxygen atoms in total. The second-order valence-corrected chi connectivity index (χ2v) is 5.41. The van der Waals surface area contributed by atoms with Crippen molar-refractivity contribution in [2.75, 3.05) is 24.7 Å². The van der Waals surface area contributed by atoms with E-state index < -0.39 is 16.4 Å². The number of hydrogen-bond donors (Lipinski definition) is 2. The minimum Gasteiger partial charge on any atom is -0.389 e. The molecule has 76 valence electrons. The smallest absolute Gasteiger partial charge is 0.171 e. The number of rotatable bonds is 4. The third kappa shape index (κ3) is 3.41. The number of sulfone groups is 1.